The molecule has 0 radical (unpaired) electrons. The van der Waals surface area contributed by atoms with Gasteiger partial charge in [0.15, 0.2) is 0 Å². The number of likely N-dealkylation sites (N-methyl/N-ethyl adjacent to an activating group) is 1. The van der Waals surface area contributed by atoms with Crippen LogP contribution in [0.25, 0.3) is 0 Å². The molecule has 3 rings (SSSR count). The molecule has 5 nitrogen and oxygen atoms in total. The van der Waals surface area contributed by atoms with E-state index >= 15 is 0 Å². The highest BCUT2D eigenvalue weighted by atomic mass is 35.5. The van der Waals surface area contributed by atoms with Crippen molar-refractivity contribution in [1.82, 2.24) is 10.6 Å². The molecule has 0 saturated heterocycles. The average molecular weight is 457 g/mol. The van der Waals surface area contributed by atoms with Crippen molar-refractivity contribution in [2.45, 2.75) is 51.0 Å². The molecule has 0 spiro atoms. The number of amides is 1. The highest BCUT2D eigenvalue weighted by molar-refractivity contribution is 6.30. The predicted molar refractivity (Wildman–Crippen MR) is 135 cm³/mol. The lowest BCUT2D eigenvalue weighted by Crippen LogP contribution is -2.42. The molecule has 1 aliphatic carbocycles. The van der Waals surface area contributed by atoms with Crippen LogP contribution in [0.1, 0.15) is 55.3 Å². The molecular formula is C26H37ClN4O. The van der Waals surface area contributed by atoms with Crippen LogP contribution in [0.15, 0.2) is 48.5 Å². The zero-order valence-electron chi connectivity index (χ0n) is 19.2. The minimum Gasteiger partial charge on any atom is -0.348 e. The number of hydrogen-bond acceptors (Lipinski definition) is 4. The van der Waals surface area contributed by atoms with Crippen molar-refractivity contribution in [2.24, 2.45) is 11.7 Å². The number of nitrogens with one attached hydrogen (secondary N) is 2. The molecule has 2 aromatic rings. The quantitative estimate of drug-likeness (QED) is 0.439. The highest BCUT2D eigenvalue weighted by Gasteiger charge is 2.21. The number of benzene rings is 2. The van der Waals surface area contributed by atoms with Gasteiger partial charge in [-0.15, -0.1) is 0 Å². The molecule has 1 aliphatic rings. The Morgan fingerprint density at radius 3 is 2.53 bits per heavy atom. The molecule has 4 N–H and O–H groups in total. The largest absolute Gasteiger partial charge is 0.348 e. The van der Waals surface area contributed by atoms with E-state index in [1.54, 1.807) is 0 Å². The van der Waals surface area contributed by atoms with Crippen molar-refractivity contribution < 1.29 is 4.79 Å². The second kappa shape index (κ2) is 12.8. The van der Waals surface area contributed by atoms with Crippen molar-refractivity contribution in [1.29, 1.82) is 0 Å². The highest BCUT2D eigenvalue weighted by Crippen LogP contribution is 2.29. The van der Waals surface area contributed by atoms with Crippen LogP contribution in [-0.2, 0) is 0 Å². The Kier molecular flexibility index (Phi) is 9.85. The summed E-state index contributed by atoms with van der Waals surface area (Å²) in [5.74, 6) is 0.691. The fourth-order valence-corrected chi connectivity index (χ4v) is 4.83. The molecule has 1 amide bonds. The molecule has 1 saturated carbocycles. The maximum Gasteiger partial charge on any atom is 0.251 e. The summed E-state index contributed by atoms with van der Waals surface area (Å²) in [6.45, 7) is 2.14. The summed E-state index contributed by atoms with van der Waals surface area (Å²) in [5, 5.41) is 7.21. The molecule has 1 fully saturated rings. The van der Waals surface area contributed by atoms with Crippen LogP contribution in [0.5, 0.6) is 0 Å². The summed E-state index contributed by atoms with van der Waals surface area (Å²) < 4.78 is 0. The lowest BCUT2D eigenvalue weighted by Gasteiger charge is -2.28. The normalized spacial score (nSPS) is 15.3. The minimum atomic E-state index is -0.0206. The van der Waals surface area contributed by atoms with Crippen molar-refractivity contribution in [3.05, 3.63) is 59.1 Å². The summed E-state index contributed by atoms with van der Waals surface area (Å²) in [7, 11) is 1.95. The number of rotatable bonds is 11. The Morgan fingerprint density at radius 1 is 1.12 bits per heavy atom. The Bertz CT molecular complexity index is 853. The van der Waals surface area contributed by atoms with Gasteiger partial charge in [-0.2, -0.15) is 0 Å². The van der Waals surface area contributed by atoms with E-state index in [4.69, 9.17) is 17.3 Å². The number of carbonyl (C=O) groups is 1. The predicted octanol–water partition coefficient (Wildman–Crippen LogP) is 5.12. The van der Waals surface area contributed by atoms with Crippen molar-refractivity contribution in [3.8, 4) is 0 Å². The average Bonchev–Trinajstić information content (AvgIpc) is 2.80. The SMILES string of the molecule is CNC[C@H](CC1CCCCC1)NC(=O)c1cccc(N(CCCN)c2cccc(Cl)c2)c1. The smallest absolute Gasteiger partial charge is 0.251 e. The van der Waals surface area contributed by atoms with E-state index in [1.165, 1.54) is 32.1 Å². The summed E-state index contributed by atoms with van der Waals surface area (Å²) >= 11 is 6.24. The summed E-state index contributed by atoms with van der Waals surface area (Å²) in [5.41, 5.74) is 8.41. The van der Waals surface area contributed by atoms with Crippen LogP contribution < -0.4 is 21.3 Å². The van der Waals surface area contributed by atoms with Gasteiger partial charge in [0.25, 0.3) is 5.91 Å². The van der Waals surface area contributed by atoms with Crippen molar-refractivity contribution in [2.75, 3.05) is 31.6 Å². The van der Waals surface area contributed by atoms with Gasteiger partial charge < -0.3 is 21.3 Å². The molecule has 174 valence electrons. The summed E-state index contributed by atoms with van der Waals surface area (Å²) in [6.07, 6.45) is 8.42. The van der Waals surface area contributed by atoms with E-state index in [0.717, 1.165) is 37.3 Å². The minimum absolute atomic E-state index is 0.0206. The van der Waals surface area contributed by atoms with Crippen LogP contribution in [0.2, 0.25) is 5.02 Å². The first-order chi connectivity index (χ1) is 15.6. The van der Waals surface area contributed by atoms with E-state index in [9.17, 15) is 4.79 Å². The Labute approximate surface area is 197 Å². The van der Waals surface area contributed by atoms with E-state index in [2.05, 4.69) is 15.5 Å². The van der Waals surface area contributed by atoms with Gasteiger partial charge in [0.2, 0.25) is 0 Å². The first kappa shape index (κ1) is 24.6. The van der Waals surface area contributed by atoms with Gasteiger partial charge in [-0.3, -0.25) is 4.79 Å². The summed E-state index contributed by atoms with van der Waals surface area (Å²) in [4.78, 5) is 15.3. The van der Waals surface area contributed by atoms with E-state index in [0.29, 0.717) is 23.0 Å². The maximum absolute atomic E-state index is 13.2. The molecule has 0 bridgehead atoms. The number of carbonyl (C=O) groups excluding carboxylic acids is 1. The fourth-order valence-electron chi connectivity index (χ4n) is 4.65. The summed E-state index contributed by atoms with van der Waals surface area (Å²) in [6, 6.07) is 15.7. The van der Waals surface area contributed by atoms with Gasteiger partial charge in [0, 0.05) is 41.1 Å². The molecule has 0 aliphatic heterocycles. The Balaban J connectivity index is 1.75. The van der Waals surface area contributed by atoms with Crippen LogP contribution >= 0.6 is 11.6 Å². The second-order valence-corrected chi connectivity index (χ2v) is 9.23. The van der Waals surface area contributed by atoms with Crippen LogP contribution in [0, 0.1) is 5.92 Å². The molecule has 1 atom stereocenters. The first-order valence-electron chi connectivity index (χ1n) is 11.9. The topological polar surface area (TPSA) is 70.4 Å². The first-order valence-corrected chi connectivity index (χ1v) is 12.3. The van der Waals surface area contributed by atoms with Gasteiger partial charge >= 0.3 is 0 Å². The van der Waals surface area contributed by atoms with Gasteiger partial charge in [0.1, 0.15) is 0 Å². The van der Waals surface area contributed by atoms with Crippen LogP contribution in [0.3, 0.4) is 0 Å². The zero-order chi connectivity index (χ0) is 22.8. The van der Waals surface area contributed by atoms with Crippen LogP contribution in [0.4, 0.5) is 11.4 Å². The number of nitrogens with zero attached hydrogens (tertiary/aromatic N) is 1. The molecule has 32 heavy (non-hydrogen) atoms. The van der Waals surface area contributed by atoms with Gasteiger partial charge in [-0.05, 0) is 68.8 Å². The number of anilines is 2. The zero-order valence-corrected chi connectivity index (χ0v) is 19.9. The van der Waals surface area contributed by atoms with Crippen molar-refractivity contribution >= 4 is 28.9 Å². The number of halogens is 1. The van der Waals surface area contributed by atoms with Gasteiger partial charge in [-0.1, -0.05) is 55.8 Å². The Hall–Kier alpha value is -2.08. The molecule has 6 heteroatoms. The third kappa shape index (κ3) is 7.22. The fraction of sp³-hybridized carbons (Fsp3) is 0.500. The van der Waals surface area contributed by atoms with E-state index in [1.807, 2.05) is 55.6 Å². The third-order valence-electron chi connectivity index (χ3n) is 6.25. The molecular weight excluding hydrogens is 420 g/mol. The van der Waals surface area contributed by atoms with Gasteiger partial charge in [0.05, 0.1) is 0 Å². The lowest BCUT2D eigenvalue weighted by atomic mass is 9.84. The van der Waals surface area contributed by atoms with E-state index < -0.39 is 0 Å². The number of hydrogen-bond donors (Lipinski definition) is 3. The second-order valence-electron chi connectivity index (χ2n) is 8.79. The molecule has 2 aromatic carbocycles. The monoisotopic (exact) mass is 456 g/mol. The van der Waals surface area contributed by atoms with Gasteiger partial charge in [-0.25, -0.2) is 0 Å². The Morgan fingerprint density at radius 2 is 1.84 bits per heavy atom. The lowest BCUT2D eigenvalue weighted by molar-refractivity contribution is 0.0928. The third-order valence-corrected chi connectivity index (χ3v) is 6.49. The maximum atomic E-state index is 13.2. The van der Waals surface area contributed by atoms with Crippen LogP contribution in [-0.4, -0.2) is 38.6 Å². The standard InChI is InChI=1S/C26H37ClN4O/c1-29-19-23(16-20-8-3-2-4-9-20)30-26(32)21-10-5-12-24(17-21)31(15-7-14-28)25-13-6-11-22(27)18-25/h5-6,10-13,17-18,20,23,29H,2-4,7-9,14-16,19,28H2,1H3,(H,30,32)/t23-/m0/s1. The van der Waals surface area contributed by atoms with Crippen molar-refractivity contribution in [3.63, 3.8) is 0 Å². The molecule has 0 aromatic heterocycles. The molecule has 0 unspecified atom stereocenters. The molecule has 0 heterocycles. The van der Waals surface area contributed by atoms with E-state index in [-0.39, 0.29) is 11.9 Å². The number of nitrogens with two attached hydrogens (primary N) is 1.